The van der Waals surface area contributed by atoms with Crippen molar-refractivity contribution in [3.63, 3.8) is 0 Å². The summed E-state index contributed by atoms with van der Waals surface area (Å²) in [5.41, 5.74) is 1.27. The molecule has 0 atom stereocenters. The maximum absolute atomic E-state index is 11.0. The highest BCUT2D eigenvalue weighted by molar-refractivity contribution is 5.87. The van der Waals surface area contributed by atoms with Crippen molar-refractivity contribution >= 4 is 23.8 Å². The summed E-state index contributed by atoms with van der Waals surface area (Å²) in [6, 6.07) is 6.87. The molecule has 1 aromatic carbocycles. The van der Waals surface area contributed by atoms with Gasteiger partial charge in [-0.05, 0) is 30.7 Å². The Balaban J connectivity index is 2.77. The van der Waals surface area contributed by atoms with Crippen molar-refractivity contribution < 1.29 is 14.3 Å². The van der Waals surface area contributed by atoms with Crippen LogP contribution in [0.3, 0.4) is 0 Å². The Morgan fingerprint density at radius 1 is 1.56 bits per heavy atom. The molecule has 0 spiro atoms. The van der Waals surface area contributed by atoms with E-state index in [1.165, 1.54) is 12.2 Å². The Hall–Kier alpha value is -2.19. The van der Waals surface area contributed by atoms with Gasteiger partial charge in [0.2, 0.25) is 6.08 Å². The molecule has 1 aromatic rings. The largest absolute Gasteiger partial charge is 0.463 e. The molecule has 4 heteroatoms. The number of isocyanates is 1. The second kappa shape index (κ2) is 6.32. The van der Waals surface area contributed by atoms with Crippen LogP contribution in [0.5, 0.6) is 0 Å². The zero-order chi connectivity index (χ0) is 11.8. The molecule has 0 bridgehead atoms. The van der Waals surface area contributed by atoms with Gasteiger partial charge >= 0.3 is 5.97 Å². The van der Waals surface area contributed by atoms with Gasteiger partial charge in [0.05, 0.1) is 12.3 Å². The van der Waals surface area contributed by atoms with Crippen LogP contribution in [0.2, 0.25) is 0 Å². The minimum Gasteiger partial charge on any atom is -0.463 e. The van der Waals surface area contributed by atoms with Crippen molar-refractivity contribution in [2.75, 3.05) is 6.61 Å². The smallest absolute Gasteiger partial charge is 0.330 e. The number of hydrogen-bond donors (Lipinski definition) is 0. The molecule has 82 valence electrons. The van der Waals surface area contributed by atoms with E-state index in [1.807, 2.05) is 0 Å². The maximum atomic E-state index is 11.0. The van der Waals surface area contributed by atoms with Gasteiger partial charge in [0.15, 0.2) is 0 Å². The van der Waals surface area contributed by atoms with Crippen molar-refractivity contribution in [2.45, 2.75) is 6.92 Å². The highest BCUT2D eigenvalue weighted by Gasteiger charge is 1.95. The molecule has 0 N–H and O–H groups in total. The lowest BCUT2D eigenvalue weighted by Gasteiger charge is -1.96. The van der Waals surface area contributed by atoms with Gasteiger partial charge in [0.25, 0.3) is 0 Å². The Kier molecular flexibility index (Phi) is 4.70. The molecule has 0 unspecified atom stereocenters. The maximum Gasteiger partial charge on any atom is 0.330 e. The number of rotatable bonds is 4. The minimum absolute atomic E-state index is 0.346. The highest BCUT2D eigenvalue weighted by Crippen LogP contribution is 2.14. The average molecular weight is 217 g/mol. The van der Waals surface area contributed by atoms with Gasteiger partial charge in [-0.25, -0.2) is 9.59 Å². The molecule has 0 aliphatic rings. The summed E-state index contributed by atoms with van der Waals surface area (Å²) in [5, 5.41) is 0. The Bertz CT molecular complexity index is 445. The van der Waals surface area contributed by atoms with Crippen LogP contribution in [0.1, 0.15) is 12.5 Å². The fraction of sp³-hybridized carbons (Fsp3) is 0.167. The second-order valence-corrected chi connectivity index (χ2v) is 2.88. The average Bonchev–Trinajstić information content (AvgIpc) is 2.28. The van der Waals surface area contributed by atoms with Crippen molar-refractivity contribution in [3.05, 3.63) is 35.9 Å². The van der Waals surface area contributed by atoms with E-state index in [0.717, 1.165) is 5.56 Å². The number of carbonyl (C=O) groups excluding carboxylic acids is 2. The van der Waals surface area contributed by atoms with Crippen molar-refractivity contribution in [1.82, 2.24) is 0 Å². The van der Waals surface area contributed by atoms with Crippen LogP contribution in [0.15, 0.2) is 35.3 Å². The van der Waals surface area contributed by atoms with E-state index in [0.29, 0.717) is 12.3 Å². The lowest BCUT2D eigenvalue weighted by Crippen LogP contribution is -1.98. The topological polar surface area (TPSA) is 55.7 Å². The Morgan fingerprint density at radius 3 is 3.06 bits per heavy atom. The highest BCUT2D eigenvalue weighted by atomic mass is 16.5. The fourth-order valence-corrected chi connectivity index (χ4v) is 1.11. The zero-order valence-electron chi connectivity index (χ0n) is 8.84. The number of carbonyl (C=O) groups is 1. The second-order valence-electron chi connectivity index (χ2n) is 2.88. The van der Waals surface area contributed by atoms with Gasteiger partial charge in [-0.3, -0.25) is 0 Å². The molecule has 1 rings (SSSR count). The third-order valence-corrected chi connectivity index (χ3v) is 1.74. The number of ether oxygens (including phenoxy) is 1. The third-order valence-electron chi connectivity index (χ3n) is 1.74. The summed E-state index contributed by atoms with van der Waals surface area (Å²) in [6.07, 6.45) is 4.38. The molecule has 0 fully saturated rings. The number of benzene rings is 1. The lowest BCUT2D eigenvalue weighted by atomic mass is 10.2. The summed E-state index contributed by atoms with van der Waals surface area (Å²) < 4.78 is 4.73. The lowest BCUT2D eigenvalue weighted by molar-refractivity contribution is -0.137. The van der Waals surface area contributed by atoms with Crippen LogP contribution in [0, 0.1) is 0 Å². The predicted molar refractivity (Wildman–Crippen MR) is 59.9 cm³/mol. The molecular formula is C12H11NO3. The van der Waals surface area contributed by atoms with E-state index in [4.69, 9.17) is 4.74 Å². The first-order valence-corrected chi connectivity index (χ1v) is 4.79. The number of nitrogens with zero attached hydrogens (tertiary/aromatic N) is 1. The van der Waals surface area contributed by atoms with E-state index >= 15 is 0 Å². The van der Waals surface area contributed by atoms with Gasteiger partial charge in [-0.15, -0.1) is 0 Å². The molecule has 0 amide bonds. The van der Waals surface area contributed by atoms with E-state index in [1.54, 1.807) is 37.3 Å². The first-order chi connectivity index (χ1) is 7.76. The van der Waals surface area contributed by atoms with Crippen LogP contribution in [-0.4, -0.2) is 18.7 Å². The van der Waals surface area contributed by atoms with Gasteiger partial charge in [0, 0.05) is 6.08 Å². The molecule has 0 radical (unpaired) electrons. The molecule has 0 saturated heterocycles. The SMILES string of the molecule is CCOC(=O)C=Cc1cccc(N=C=O)c1. The monoisotopic (exact) mass is 217 g/mol. The molecule has 4 nitrogen and oxygen atoms in total. The van der Waals surface area contributed by atoms with Crippen molar-refractivity contribution in [2.24, 2.45) is 4.99 Å². The molecule has 0 heterocycles. The Morgan fingerprint density at radius 2 is 2.38 bits per heavy atom. The van der Waals surface area contributed by atoms with E-state index in [2.05, 4.69) is 4.99 Å². The van der Waals surface area contributed by atoms with Crippen molar-refractivity contribution in [1.29, 1.82) is 0 Å². The molecule has 0 aromatic heterocycles. The normalized spacial score (nSPS) is 9.81. The first-order valence-electron chi connectivity index (χ1n) is 4.79. The third kappa shape index (κ3) is 3.90. The van der Waals surface area contributed by atoms with E-state index in [-0.39, 0.29) is 0 Å². The van der Waals surface area contributed by atoms with Crippen LogP contribution in [-0.2, 0) is 14.3 Å². The standard InChI is InChI=1S/C12H11NO3/c1-2-16-12(15)7-6-10-4-3-5-11(8-10)13-9-14/h3-8H,2H2,1H3. The number of hydrogen-bond acceptors (Lipinski definition) is 4. The number of esters is 1. The predicted octanol–water partition coefficient (Wildman–Crippen LogP) is 2.23. The fourth-order valence-electron chi connectivity index (χ4n) is 1.11. The molecule has 0 aliphatic carbocycles. The van der Waals surface area contributed by atoms with Crippen LogP contribution >= 0.6 is 0 Å². The van der Waals surface area contributed by atoms with Crippen LogP contribution < -0.4 is 0 Å². The van der Waals surface area contributed by atoms with Crippen LogP contribution in [0.25, 0.3) is 6.08 Å². The first kappa shape index (κ1) is 11.9. The summed E-state index contributed by atoms with van der Waals surface area (Å²) in [6.45, 7) is 2.09. The van der Waals surface area contributed by atoms with Gasteiger partial charge < -0.3 is 4.74 Å². The minimum atomic E-state index is -0.396. The molecule has 0 saturated carbocycles. The van der Waals surface area contributed by atoms with Crippen molar-refractivity contribution in [3.8, 4) is 0 Å². The van der Waals surface area contributed by atoms with Gasteiger partial charge in [-0.1, -0.05) is 12.1 Å². The van der Waals surface area contributed by atoms with E-state index < -0.39 is 5.97 Å². The summed E-state index contributed by atoms with van der Waals surface area (Å²) in [7, 11) is 0. The summed E-state index contributed by atoms with van der Waals surface area (Å²) in [5.74, 6) is -0.396. The molecular weight excluding hydrogens is 206 g/mol. The van der Waals surface area contributed by atoms with E-state index in [9.17, 15) is 9.59 Å². The zero-order valence-corrected chi connectivity index (χ0v) is 8.84. The summed E-state index contributed by atoms with van der Waals surface area (Å²) in [4.78, 5) is 24.6. The van der Waals surface area contributed by atoms with Gasteiger partial charge in [-0.2, -0.15) is 4.99 Å². The Labute approximate surface area is 93.3 Å². The van der Waals surface area contributed by atoms with Gasteiger partial charge in [0.1, 0.15) is 0 Å². The quantitative estimate of drug-likeness (QED) is 0.336. The number of aliphatic imine (C=N–C) groups is 1. The molecule has 0 aliphatic heterocycles. The summed E-state index contributed by atoms with van der Waals surface area (Å²) >= 11 is 0. The van der Waals surface area contributed by atoms with Crippen LogP contribution in [0.4, 0.5) is 5.69 Å². The molecule has 16 heavy (non-hydrogen) atoms.